The molecule has 0 heterocycles. The van der Waals surface area contributed by atoms with Gasteiger partial charge in [-0.15, -0.1) is 11.8 Å². The number of benzene rings is 2. The number of hydrogen-bond acceptors (Lipinski definition) is 4. The van der Waals surface area contributed by atoms with E-state index in [9.17, 15) is 4.79 Å². The quantitative estimate of drug-likeness (QED) is 0.551. The SMILES string of the molecule is COc1ccc(C(=O)CSc2c(C)c(C)cc(C)c2C)c(OC)c1. The topological polar surface area (TPSA) is 35.5 Å². The number of hydrogen-bond donors (Lipinski definition) is 0. The second kappa shape index (κ2) is 7.75. The van der Waals surface area contributed by atoms with E-state index < -0.39 is 0 Å². The van der Waals surface area contributed by atoms with Crippen LogP contribution in [0.2, 0.25) is 0 Å². The number of carbonyl (C=O) groups is 1. The Labute approximate surface area is 148 Å². The molecule has 0 saturated carbocycles. The molecule has 0 saturated heterocycles. The largest absolute Gasteiger partial charge is 0.497 e. The van der Waals surface area contributed by atoms with Crippen LogP contribution in [0.4, 0.5) is 0 Å². The molecular formula is C20H24O3S. The van der Waals surface area contributed by atoms with E-state index in [4.69, 9.17) is 9.47 Å². The molecule has 2 aromatic rings. The zero-order valence-corrected chi connectivity index (χ0v) is 16.0. The molecule has 0 aliphatic heterocycles. The summed E-state index contributed by atoms with van der Waals surface area (Å²) in [5.41, 5.74) is 5.60. The molecule has 0 unspecified atom stereocenters. The van der Waals surface area contributed by atoms with Crippen molar-refractivity contribution >= 4 is 17.5 Å². The molecule has 3 nitrogen and oxygen atoms in total. The predicted molar refractivity (Wildman–Crippen MR) is 100.0 cm³/mol. The van der Waals surface area contributed by atoms with Gasteiger partial charge in [0.25, 0.3) is 0 Å². The van der Waals surface area contributed by atoms with Crippen molar-refractivity contribution in [2.75, 3.05) is 20.0 Å². The third-order valence-electron chi connectivity index (χ3n) is 4.35. The number of thioether (sulfide) groups is 1. The van der Waals surface area contributed by atoms with Crippen molar-refractivity contribution in [2.24, 2.45) is 0 Å². The minimum Gasteiger partial charge on any atom is -0.497 e. The van der Waals surface area contributed by atoms with Crippen molar-refractivity contribution in [3.8, 4) is 11.5 Å². The third kappa shape index (κ3) is 3.75. The lowest BCUT2D eigenvalue weighted by Gasteiger charge is -2.15. The minimum atomic E-state index is 0.0532. The molecule has 128 valence electrons. The van der Waals surface area contributed by atoms with Gasteiger partial charge in [-0.1, -0.05) is 6.07 Å². The average molecular weight is 344 g/mol. The minimum absolute atomic E-state index is 0.0532. The summed E-state index contributed by atoms with van der Waals surface area (Å²) < 4.78 is 10.5. The van der Waals surface area contributed by atoms with Crippen LogP contribution in [0.5, 0.6) is 11.5 Å². The van der Waals surface area contributed by atoms with E-state index in [1.807, 2.05) is 0 Å². The molecule has 24 heavy (non-hydrogen) atoms. The Kier molecular flexibility index (Phi) is 5.94. The maximum Gasteiger partial charge on any atom is 0.176 e. The first-order valence-electron chi connectivity index (χ1n) is 7.84. The lowest BCUT2D eigenvalue weighted by Crippen LogP contribution is -2.06. The van der Waals surface area contributed by atoms with E-state index in [0.717, 1.165) is 0 Å². The van der Waals surface area contributed by atoms with Crippen LogP contribution < -0.4 is 9.47 Å². The first kappa shape index (κ1) is 18.4. The molecule has 0 radical (unpaired) electrons. The van der Waals surface area contributed by atoms with Gasteiger partial charge in [-0.25, -0.2) is 0 Å². The van der Waals surface area contributed by atoms with E-state index in [1.165, 1.54) is 27.1 Å². The summed E-state index contributed by atoms with van der Waals surface area (Å²) in [5.74, 6) is 1.66. The second-order valence-corrected chi connectivity index (χ2v) is 6.85. The number of methoxy groups -OCH3 is 2. The Balaban J connectivity index is 2.23. The van der Waals surface area contributed by atoms with Crippen molar-refractivity contribution < 1.29 is 14.3 Å². The molecule has 0 bridgehead atoms. The summed E-state index contributed by atoms with van der Waals surface area (Å²) in [6.45, 7) is 8.45. The van der Waals surface area contributed by atoms with Gasteiger partial charge < -0.3 is 9.47 Å². The molecule has 0 atom stereocenters. The summed E-state index contributed by atoms with van der Waals surface area (Å²) in [6.07, 6.45) is 0. The number of carbonyl (C=O) groups excluding carboxylic acids is 1. The maximum atomic E-state index is 12.6. The van der Waals surface area contributed by atoms with Gasteiger partial charge in [-0.2, -0.15) is 0 Å². The van der Waals surface area contributed by atoms with E-state index in [-0.39, 0.29) is 5.78 Å². The monoisotopic (exact) mass is 344 g/mol. The van der Waals surface area contributed by atoms with Crippen LogP contribution in [-0.2, 0) is 0 Å². The zero-order chi connectivity index (χ0) is 17.9. The molecule has 0 aliphatic rings. The van der Waals surface area contributed by atoms with Crippen molar-refractivity contribution in [2.45, 2.75) is 32.6 Å². The lowest BCUT2D eigenvalue weighted by atomic mass is 10.0. The van der Waals surface area contributed by atoms with Crippen LogP contribution in [0.3, 0.4) is 0 Å². The molecule has 2 rings (SSSR count). The van der Waals surface area contributed by atoms with Gasteiger partial charge in [-0.3, -0.25) is 4.79 Å². The highest BCUT2D eigenvalue weighted by Gasteiger charge is 2.16. The molecule has 0 aromatic heterocycles. The van der Waals surface area contributed by atoms with E-state index in [1.54, 1.807) is 44.2 Å². The van der Waals surface area contributed by atoms with Gasteiger partial charge in [0.1, 0.15) is 11.5 Å². The molecular weight excluding hydrogens is 320 g/mol. The number of rotatable bonds is 6. The highest BCUT2D eigenvalue weighted by Crippen LogP contribution is 2.32. The normalized spacial score (nSPS) is 10.6. The van der Waals surface area contributed by atoms with Gasteiger partial charge >= 0.3 is 0 Å². The van der Waals surface area contributed by atoms with Gasteiger partial charge in [0.2, 0.25) is 0 Å². The van der Waals surface area contributed by atoms with Crippen molar-refractivity contribution in [1.29, 1.82) is 0 Å². The Hall–Kier alpha value is -1.94. The fraction of sp³-hybridized carbons (Fsp3) is 0.350. The number of ether oxygens (including phenoxy) is 2. The lowest BCUT2D eigenvalue weighted by molar-refractivity contribution is 0.101. The zero-order valence-electron chi connectivity index (χ0n) is 15.1. The number of ketones is 1. The average Bonchev–Trinajstić information content (AvgIpc) is 2.59. The van der Waals surface area contributed by atoms with Gasteiger partial charge in [0.05, 0.1) is 25.5 Å². The fourth-order valence-electron chi connectivity index (χ4n) is 2.64. The van der Waals surface area contributed by atoms with Gasteiger partial charge in [0.15, 0.2) is 5.78 Å². The Morgan fingerprint density at radius 3 is 2.12 bits per heavy atom. The van der Waals surface area contributed by atoms with Gasteiger partial charge in [-0.05, 0) is 62.1 Å². The van der Waals surface area contributed by atoms with Crippen LogP contribution in [0.1, 0.15) is 32.6 Å². The van der Waals surface area contributed by atoms with Crippen LogP contribution in [0, 0.1) is 27.7 Å². The summed E-state index contributed by atoms with van der Waals surface area (Å²) in [4.78, 5) is 13.9. The molecule has 0 spiro atoms. The summed E-state index contributed by atoms with van der Waals surface area (Å²) >= 11 is 1.60. The smallest absolute Gasteiger partial charge is 0.176 e. The molecule has 0 aliphatic carbocycles. The van der Waals surface area contributed by atoms with Crippen molar-refractivity contribution in [3.63, 3.8) is 0 Å². The molecule has 2 aromatic carbocycles. The molecule has 0 fully saturated rings. The van der Waals surface area contributed by atoms with Crippen LogP contribution in [0.25, 0.3) is 0 Å². The Bertz CT molecular complexity index is 740. The first-order valence-corrected chi connectivity index (χ1v) is 8.83. The highest BCUT2D eigenvalue weighted by atomic mass is 32.2. The maximum absolute atomic E-state index is 12.6. The van der Waals surface area contributed by atoms with Gasteiger partial charge in [0, 0.05) is 11.0 Å². The molecule has 0 amide bonds. The summed E-state index contributed by atoms with van der Waals surface area (Å²) in [7, 11) is 3.16. The standard InChI is InChI=1S/C20H24O3S/c1-12-9-13(2)15(4)20(14(12)3)24-11-18(21)17-8-7-16(22-5)10-19(17)23-6/h7-10H,11H2,1-6H3. The first-order chi connectivity index (χ1) is 11.4. The number of Topliss-reactive ketones (excluding diaryl/α,β-unsaturated/α-hetero) is 1. The third-order valence-corrected chi connectivity index (χ3v) is 5.66. The predicted octanol–water partition coefficient (Wildman–Crippen LogP) is 4.91. The fourth-order valence-corrected chi connectivity index (χ4v) is 3.83. The van der Waals surface area contributed by atoms with E-state index in [2.05, 4.69) is 33.8 Å². The molecule has 0 N–H and O–H groups in total. The molecule has 4 heteroatoms. The second-order valence-electron chi connectivity index (χ2n) is 5.87. The summed E-state index contributed by atoms with van der Waals surface area (Å²) in [5, 5.41) is 0. The Morgan fingerprint density at radius 1 is 0.958 bits per heavy atom. The van der Waals surface area contributed by atoms with E-state index in [0.29, 0.717) is 22.8 Å². The van der Waals surface area contributed by atoms with Crippen LogP contribution in [-0.4, -0.2) is 25.8 Å². The Morgan fingerprint density at radius 2 is 1.58 bits per heavy atom. The highest BCUT2D eigenvalue weighted by molar-refractivity contribution is 8.00. The van der Waals surface area contributed by atoms with Crippen LogP contribution >= 0.6 is 11.8 Å². The summed E-state index contributed by atoms with van der Waals surface area (Å²) in [6, 6.07) is 7.49. The number of aryl methyl sites for hydroxylation is 2. The van der Waals surface area contributed by atoms with E-state index >= 15 is 0 Å². The van der Waals surface area contributed by atoms with Crippen molar-refractivity contribution in [3.05, 3.63) is 52.1 Å². The van der Waals surface area contributed by atoms with Crippen molar-refractivity contribution in [1.82, 2.24) is 0 Å². The van der Waals surface area contributed by atoms with Crippen LogP contribution in [0.15, 0.2) is 29.2 Å².